The van der Waals surface area contributed by atoms with Crippen LogP contribution < -0.4 is 0 Å². The normalized spacial score (nSPS) is 19.3. The van der Waals surface area contributed by atoms with Gasteiger partial charge in [0.2, 0.25) is 0 Å². The fourth-order valence-corrected chi connectivity index (χ4v) is 0.937. The van der Waals surface area contributed by atoms with Gasteiger partial charge in [0.05, 0.1) is 19.8 Å². The summed E-state index contributed by atoms with van der Waals surface area (Å²) >= 11 is 0. The lowest BCUT2D eigenvalue weighted by Crippen LogP contribution is -2.47. The molecule has 0 rings (SSSR count). The first-order chi connectivity index (χ1) is 7.08. The monoisotopic (exact) mass is 224 g/mol. The van der Waals surface area contributed by atoms with Crippen LogP contribution in [0.15, 0.2) is 0 Å². The quantitative estimate of drug-likeness (QED) is 0.272. The largest absolute Gasteiger partial charge is 0.394 e. The van der Waals surface area contributed by atoms with Gasteiger partial charge in [0.15, 0.2) is 6.29 Å². The summed E-state index contributed by atoms with van der Waals surface area (Å²) in [5.74, 6) is 0. The van der Waals surface area contributed by atoms with Gasteiger partial charge in [-0.15, -0.1) is 0 Å². The summed E-state index contributed by atoms with van der Waals surface area (Å²) in [7, 11) is 0. The molecule has 0 aromatic rings. The van der Waals surface area contributed by atoms with E-state index in [-0.39, 0.29) is 19.5 Å². The van der Waals surface area contributed by atoms with Crippen molar-refractivity contribution in [2.24, 2.45) is 0 Å². The Morgan fingerprint density at radius 2 is 1.73 bits per heavy atom. The minimum Gasteiger partial charge on any atom is -0.394 e. The molecule has 0 aromatic carbocycles. The fourth-order valence-electron chi connectivity index (χ4n) is 0.937. The molecule has 0 saturated carbocycles. The molecule has 0 aliphatic carbocycles. The summed E-state index contributed by atoms with van der Waals surface area (Å²) in [5, 5.41) is 44.5. The van der Waals surface area contributed by atoms with Crippen LogP contribution in [-0.2, 0) is 9.53 Å². The lowest BCUT2D eigenvalue weighted by molar-refractivity contribution is -0.147. The van der Waals surface area contributed by atoms with E-state index in [4.69, 9.17) is 20.1 Å². The van der Waals surface area contributed by atoms with E-state index in [1.54, 1.807) is 0 Å². The molecule has 5 N–H and O–H groups in total. The van der Waals surface area contributed by atoms with Crippen molar-refractivity contribution < 1.29 is 35.1 Å². The number of rotatable bonds is 8. The minimum absolute atomic E-state index is 0.178. The number of ether oxygens (including phenoxy) is 1. The van der Waals surface area contributed by atoms with Gasteiger partial charge in [-0.05, 0) is 0 Å². The molecule has 0 aromatic heterocycles. The van der Waals surface area contributed by atoms with E-state index in [9.17, 15) is 15.0 Å². The van der Waals surface area contributed by atoms with Crippen molar-refractivity contribution in [2.75, 3.05) is 19.8 Å². The standard InChI is InChI=1S/C8H16O7/c9-1-2-15-6(4-11)8(14)7(13)5(12)3-10/h4-10,12-14H,1-3H2/t5-,6+,7-,8-/m1/s1. The molecule has 0 fully saturated rings. The van der Waals surface area contributed by atoms with Crippen LogP contribution >= 0.6 is 0 Å². The van der Waals surface area contributed by atoms with E-state index in [1.165, 1.54) is 0 Å². The summed E-state index contributed by atoms with van der Waals surface area (Å²) in [4.78, 5) is 10.4. The molecule has 0 saturated heterocycles. The van der Waals surface area contributed by atoms with Gasteiger partial charge >= 0.3 is 0 Å². The molecule has 7 heteroatoms. The second-order valence-electron chi connectivity index (χ2n) is 2.93. The first-order valence-electron chi connectivity index (χ1n) is 4.41. The van der Waals surface area contributed by atoms with E-state index in [0.29, 0.717) is 0 Å². The van der Waals surface area contributed by atoms with Gasteiger partial charge in [-0.2, -0.15) is 0 Å². The third-order valence-electron chi connectivity index (χ3n) is 1.80. The van der Waals surface area contributed by atoms with E-state index in [2.05, 4.69) is 0 Å². The van der Waals surface area contributed by atoms with Crippen LogP contribution in [-0.4, -0.2) is 76.1 Å². The molecule has 15 heavy (non-hydrogen) atoms. The zero-order valence-electron chi connectivity index (χ0n) is 8.06. The van der Waals surface area contributed by atoms with Gasteiger partial charge in [-0.3, -0.25) is 0 Å². The maximum atomic E-state index is 10.4. The number of carbonyl (C=O) groups excluding carboxylic acids is 1. The fraction of sp³-hybridized carbons (Fsp3) is 0.875. The molecular formula is C8H16O7. The lowest BCUT2D eigenvalue weighted by atomic mass is 10.0. The Bertz CT molecular complexity index is 174. The number of hydrogen-bond donors (Lipinski definition) is 5. The Morgan fingerprint density at radius 1 is 1.13 bits per heavy atom. The minimum atomic E-state index is -1.69. The second kappa shape index (κ2) is 7.69. The number of aldehydes is 1. The average Bonchev–Trinajstić information content (AvgIpc) is 2.27. The van der Waals surface area contributed by atoms with E-state index in [0.717, 1.165) is 0 Å². The average molecular weight is 224 g/mol. The molecule has 90 valence electrons. The summed E-state index contributed by atoms with van der Waals surface area (Å²) < 4.78 is 4.70. The van der Waals surface area contributed by atoms with Crippen molar-refractivity contribution in [1.82, 2.24) is 0 Å². The lowest BCUT2D eigenvalue weighted by Gasteiger charge is -2.25. The molecule has 0 aliphatic rings. The van der Waals surface area contributed by atoms with Crippen LogP contribution in [0.2, 0.25) is 0 Å². The van der Waals surface area contributed by atoms with Crippen molar-refractivity contribution in [3.05, 3.63) is 0 Å². The maximum absolute atomic E-state index is 10.4. The number of hydrogen-bond acceptors (Lipinski definition) is 7. The van der Waals surface area contributed by atoms with Crippen LogP contribution in [0.4, 0.5) is 0 Å². The third kappa shape index (κ3) is 4.65. The van der Waals surface area contributed by atoms with Crippen molar-refractivity contribution in [2.45, 2.75) is 24.4 Å². The van der Waals surface area contributed by atoms with Crippen LogP contribution in [0.5, 0.6) is 0 Å². The molecular weight excluding hydrogens is 208 g/mol. The second-order valence-corrected chi connectivity index (χ2v) is 2.93. The van der Waals surface area contributed by atoms with E-state index >= 15 is 0 Å². The SMILES string of the molecule is O=C[C@H](OCCO)[C@@H](O)[C@H](O)[C@H](O)CO. The Kier molecular flexibility index (Phi) is 7.39. The van der Waals surface area contributed by atoms with Gasteiger partial charge in [-0.25, -0.2) is 0 Å². The molecule has 0 aliphatic heterocycles. The van der Waals surface area contributed by atoms with Crippen molar-refractivity contribution >= 4 is 6.29 Å². The van der Waals surface area contributed by atoms with E-state index in [1.807, 2.05) is 0 Å². The highest BCUT2D eigenvalue weighted by molar-refractivity contribution is 5.57. The van der Waals surface area contributed by atoms with Crippen molar-refractivity contribution in [3.8, 4) is 0 Å². The van der Waals surface area contributed by atoms with E-state index < -0.39 is 31.0 Å². The van der Waals surface area contributed by atoms with Gasteiger partial charge in [-0.1, -0.05) is 0 Å². The molecule has 0 radical (unpaired) electrons. The molecule has 0 amide bonds. The van der Waals surface area contributed by atoms with Crippen LogP contribution in [0, 0.1) is 0 Å². The van der Waals surface area contributed by atoms with Crippen molar-refractivity contribution in [3.63, 3.8) is 0 Å². The summed E-state index contributed by atoms with van der Waals surface area (Å²) in [6.07, 6.45) is -6.01. The molecule has 4 atom stereocenters. The Labute approximate surface area is 86.5 Å². The summed E-state index contributed by atoms with van der Waals surface area (Å²) in [6, 6.07) is 0. The van der Waals surface area contributed by atoms with Crippen LogP contribution in [0.3, 0.4) is 0 Å². The molecule has 0 bridgehead atoms. The smallest absolute Gasteiger partial charge is 0.151 e. The molecule has 0 spiro atoms. The number of aliphatic hydroxyl groups is 5. The Hall–Kier alpha value is -0.570. The highest BCUT2D eigenvalue weighted by Gasteiger charge is 2.31. The van der Waals surface area contributed by atoms with Crippen LogP contribution in [0.25, 0.3) is 0 Å². The molecule has 0 unspecified atom stereocenters. The number of carbonyl (C=O) groups is 1. The summed E-state index contributed by atoms with van der Waals surface area (Å²) in [5.41, 5.74) is 0. The molecule has 7 nitrogen and oxygen atoms in total. The number of aliphatic hydroxyl groups excluding tert-OH is 5. The molecule has 0 heterocycles. The predicted molar refractivity (Wildman–Crippen MR) is 48.0 cm³/mol. The first kappa shape index (κ1) is 14.4. The third-order valence-corrected chi connectivity index (χ3v) is 1.80. The zero-order valence-corrected chi connectivity index (χ0v) is 8.06. The van der Waals surface area contributed by atoms with Gasteiger partial charge in [0.25, 0.3) is 0 Å². The van der Waals surface area contributed by atoms with Gasteiger partial charge in [0.1, 0.15) is 24.4 Å². The first-order valence-corrected chi connectivity index (χ1v) is 4.41. The Balaban J connectivity index is 4.23. The Morgan fingerprint density at radius 3 is 2.13 bits per heavy atom. The van der Waals surface area contributed by atoms with Crippen LogP contribution in [0.1, 0.15) is 0 Å². The van der Waals surface area contributed by atoms with Gasteiger partial charge < -0.3 is 35.1 Å². The predicted octanol–water partition coefficient (Wildman–Crippen LogP) is -3.36. The summed E-state index contributed by atoms with van der Waals surface area (Å²) in [6.45, 7) is -1.26. The highest BCUT2D eigenvalue weighted by atomic mass is 16.5. The van der Waals surface area contributed by atoms with Crippen molar-refractivity contribution in [1.29, 1.82) is 0 Å². The maximum Gasteiger partial charge on any atom is 0.151 e. The topological polar surface area (TPSA) is 127 Å². The van der Waals surface area contributed by atoms with Gasteiger partial charge in [0, 0.05) is 0 Å². The zero-order chi connectivity index (χ0) is 11.8. The highest BCUT2D eigenvalue weighted by Crippen LogP contribution is 2.06.